The van der Waals surface area contributed by atoms with Crippen molar-refractivity contribution in [3.8, 4) is 0 Å². The number of nitrogens with one attached hydrogen (secondary N) is 1. The number of carbonyl (C=O) groups excluding carboxylic acids is 3. The van der Waals surface area contributed by atoms with Crippen molar-refractivity contribution in [2.45, 2.75) is 33.1 Å². The third kappa shape index (κ3) is 5.02. The molecule has 2 rings (SSSR count). The first-order chi connectivity index (χ1) is 12.0. The molecule has 0 saturated heterocycles. The number of amides is 1. The first-order valence-electron chi connectivity index (χ1n) is 8.22. The Morgan fingerprint density at radius 3 is 2.68 bits per heavy atom. The highest BCUT2D eigenvalue weighted by Crippen LogP contribution is 2.40. The van der Waals surface area contributed by atoms with Gasteiger partial charge in [-0.25, -0.2) is 9.59 Å². The number of hydrogen-bond acceptors (Lipinski definition) is 7. The summed E-state index contributed by atoms with van der Waals surface area (Å²) in [5.41, 5.74) is 1.40. The number of fused-ring (bicyclic) bond motifs is 1. The quantitative estimate of drug-likeness (QED) is 0.741. The van der Waals surface area contributed by atoms with Crippen LogP contribution in [-0.4, -0.2) is 44.8 Å². The smallest absolute Gasteiger partial charge is 0.341 e. The predicted octanol–water partition coefficient (Wildman–Crippen LogP) is 2.18. The lowest BCUT2D eigenvalue weighted by atomic mass is 9.88. The molecule has 0 aromatic carbocycles. The van der Waals surface area contributed by atoms with Crippen LogP contribution in [0.15, 0.2) is 0 Å². The number of carbonyl (C=O) groups is 3. The normalized spacial score (nSPS) is 16.0. The van der Waals surface area contributed by atoms with Crippen molar-refractivity contribution in [2.75, 3.05) is 32.2 Å². The van der Waals surface area contributed by atoms with Crippen LogP contribution in [0, 0.1) is 5.92 Å². The summed E-state index contributed by atoms with van der Waals surface area (Å²) < 4.78 is 14.6. The Morgan fingerprint density at radius 2 is 2.00 bits per heavy atom. The van der Waals surface area contributed by atoms with Gasteiger partial charge in [-0.1, -0.05) is 6.92 Å². The number of thiophene rings is 1. The number of rotatable bonds is 7. The van der Waals surface area contributed by atoms with Gasteiger partial charge in [0.15, 0.2) is 6.61 Å². The standard InChI is InChI=1S/C17H23NO6S/c1-4-23-17(21)15-11-6-5-10(2)7-12(11)25-16(15)18-13(19)8-24-14(20)9-22-3/h10H,4-9H2,1-3H3,(H,18,19)/t10-/m0/s1. The zero-order valence-electron chi connectivity index (χ0n) is 14.7. The van der Waals surface area contributed by atoms with Gasteiger partial charge in [-0.15, -0.1) is 11.3 Å². The molecule has 0 fully saturated rings. The summed E-state index contributed by atoms with van der Waals surface area (Å²) in [5, 5.41) is 3.14. The van der Waals surface area contributed by atoms with Crippen LogP contribution in [0.2, 0.25) is 0 Å². The van der Waals surface area contributed by atoms with Gasteiger partial charge in [0.25, 0.3) is 5.91 Å². The topological polar surface area (TPSA) is 90.9 Å². The van der Waals surface area contributed by atoms with Crippen molar-refractivity contribution in [2.24, 2.45) is 5.92 Å². The molecule has 1 atom stereocenters. The van der Waals surface area contributed by atoms with Crippen LogP contribution < -0.4 is 5.32 Å². The monoisotopic (exact) mass is 369 g/mol. The van der Waals surface area contributed by atoms with Gasteiger partial charge in [0.2, 0.25) is 0 Å². The molecule has 1 aromatic rings. The average molecular weight is 369 g/mol. The maximum Gasteiger partial charge on any atom is 0.341 e. The molecule has 138 valence electrons. The van der Waals surface area contributed by atoms with Crippen LogP contribution in [0.1, 0.15) is 41.1 Å². The lowest BCUT2D eigenvalue weighted by molar-refractivity contribution is -0.150. The Morgan fingerprint density at radius 1 is 1.24 bits per heavy atom. The van der Waals surface area contributed by atoms with Crippen molar-refractivity contribution in [1.29, 1.82) is 0 Å². The van der Waals surface area contributed by atoms with Gasteiger partial charge in [-0.3, -0.25) is 4.79 Å². The first kappa shape index (κ1) is 19.4. The minimum Gasteiger partial charge on any atom is -0.462 e. The van der Waals surface area contributed by atoms with E-state index in [1.54, 1.807) is 6.92 Å². The highest BCUT2D eigenvalue weighted by Gasteiger charge is 2.29. The fourth-order valence-corrected chi connectivity index (χ4v) is 4.14. The highest BCUT2D eigenvalue weighted by molar-refractivity contribution is 7.17. The maximum atomic E-state index is 12.3. The minimum atomic E-state index is -0.623. The molecule has 0 spiro atoms. The molecule has 7 nitrogen and oxygen atoms in total. The Kier molecular flexibility index (Phi) is 6.95. The van der Waals surface area contributed by atoms with E-state index in [1.165, 1.54) is 18.4 Å². The second-order valence-corrected chi connectivity index (χ2v) is 7.02. The SMILES string of the molecule is CCOC(=O)c1c(NC(=O)COC(=O)COC)sc2c1CC[C@H](C)C2. The van der Waals surface area contributed by atoms with Crippen LogP contribution in [0.3, 0.4) is 0 Å². The third-order valence-electron chi connectivity index (χ3n) is 3.87. The van der Waals surface area contributed by atoms with Gasteiger partial charge in [-0.2, -0.15) is 0 Å². The van der Waals surface area contributed by atoms with Crippen LogP contribution in [0.4, 0.5) is 5.00 Å². The maximum absolute atomic E-state index is 12.3. The molecule has 0 aliphatic heterocycles. The van der Waals surface area contributed by atoms with Gasteiger partial charge < -0.3 is 19.5 Å². The van der Waals surface area contributed by atoms with Gasteiger partial charge in [0, 0.05) is 12.0 Å². The predicted molar refractivity (Wildman–Crippen MR) is 92.9 cm³/mol. The molecule has 1 aliphatic rings. The van der Waals surface area contributed by atoms with Gasteiger partial charge >= 0.3 is 11.9 Å². The molecule has 1 aromatic heterocycles. The van der Waals surface area contributed by atoms with E-state index >= 15 is 0 Å². The second-order valence-electron chi connectivity index (χ2n) is 5.92. The number of esters is 2. The first-order valence-corrected chi connectivity index (χ1v) is 9.03. The Labute approximate surface area is 150 Å². The number of anilines is 1. The van der Waals surface area contributed by atoms with Crippen molar-refractivity contribution in [1.82, 2.24) is 0 Å². The summed E-state index contributed by atoms with van der Waals surface area (Å²) >= 11 is 1.39. The van der Waals surface area contributed by atoms with E-state index in [1.807, 2.05) is 0 Å². The Bertz CT molecular complexity index is 654. The van der Waals surface area contributed by atoms with Crippen molar-refractivity contribution in [3.05, 3.63) is 16.0 Å². The molecule has 0 radical (unpaired) electrons. The molecule has 1 N–H and O–H groups in total. The summed E-state index contributed by atoms with van der Waals surface area (Å²) in [6, 6.07) is 0. The van der Waals surface area contributed by atoms with Crippen molar-refractivity contribution >= 4 is 34.2 Å². The van der Waals surface area contributed by atoms with E-state index in [0.29, 0.717) is 16.5 Å². The van der Waals surface area contributed by atoms with Gasteiger partial charge in [0.1, 0.15) is 11.6 Å². The fraction of sp³-hybridized carbons (Fsp3) is 0.588. The molecule has 1 aliphatic carbocycles. The molecular weight excluding hydrogens is 346 g/mol. The summed E-state index contributed by atoms with van der Waals surface area (Å²) in [4.78, 5) is 36.8. The van der Waals surface area contributed by atoms with E-state index in [0.717, 1.165) is 29.7 Å². The fourth-order valence-electron chi connectivity index (χ4n) is 2.73. The molecule has 25 heavy (non-hydrogen) atoms. The molecule has 0 unspecified atom stereocenters. The molecule has 0 bridgehead atoms. The molecule has 1 heterocycles. The summed E-state index contributed by atoms with van der Waals surface area (Å²) in [7, 11) is 1.37. The van der Waals surface area contributed by atoms with E-state index in [9.17, 15) is 14.4 Å². The highest BCUT2D eigenvalue weighted by atomic mass is 32.1. The van der Waals surface area contributed by atoms with E-state index in [4.69, 9.17) is 9.47 Å². The molecule has 8 heteroatoms. The Balaban J connectivity index is 2.14. The lowest BCUT2D eigenvalue weighted by Gasteiger charge is -2.18. The van der Waals surface area contributed by atoms with Crippen LogP contribution in [0.5, 0.6) is 0 Å². The second kappa shape index (κ2) is 8.96. The van der Waals surface area contributed by atoms with Crippen molar-refractivity contribution < 1.29 is 28.6 Å². The average Bonchev–Trinajstić information content (AvgIpc) is 2.90. The molecule has 0 saturated carbocycles. The molecule has 1 amide bonds. The van der Waals surface area contributed by atoms with Crippen LogP contribution >= 0.6 is 11.3 Å². The third-order valence-corrected chi connectivity index (χ3v) is 5.04. The lowest BCUT2D eigenvalue weighted by Crippen LogP contribution is -2.23. The number of methoxy groups -OCH3 is 1. The van der Waals surface area contributed by atoms with Crippen LogP contribution in [0.25, 0.3) is 0 Å². The zero-order chi connectivity index (χ0) is 18.4. The molecular formula is C17H23NO6S. The van der Waals surface area contributed by atoms with E-state index in [2.05, 4.69) is 17.0 Å². The van der Waals surface area contributed by atoms with Gasteiger partial charge in [0.05, 0.1) is 12.2 Å². The summed E-state index contributed by atoms with van der Waals surface area (Å²) in [5.74, 6) is -1.01. The number of hydrogen-bond donors (Lipinski definition) is 1. The largest absolute Gasteiger partial charge is 0.462 e. The minimum absolute atomic E-state index is 0.216. The van der Waals surface area contributed by atoms with Crippen molar-refractivity contribution in [3.63, 3.8) is 0 Å². The Hall–Kier alpha value is -1.93. The summed E-state index contributed by atoms with van der Waals surface area (Å²) in [6.07, 6.45) is 2.67. The number of ether oxygens (including phenoxy) is 3. The van der Waals surface area contributed by atoms with E-state index in [-0.39, 0.29) is 13.2 Å². The zero-order valence-corrected chi connectivity index (χ0v) is 15.5. The van der Waals surface area contributed by atoms with Gasteiger partial charge in [-0.05, 0) is 37.7 Å². The van der Waals surface area contributed by atoms with E-state index < -0.39 is 24.5 Å². The van der Waals surface area contributed by atoms with Crippen LogP contribution in [-0.2, 0) is 36.6 Å². The summed E-state index contributed by atoms with van der Waals surface area (Å²) in [6.45, 7) is 3.53.